The van der Waals surface area contributed by atoms with E-state index in [1.165, 1.54) is 23.9 Å². The van der Waals surface area contributed by atoms with Crippen LogP contribution in [0.3, 0.4) is 0 Å². The maximum atomic E-state index is 13.8. The van der Waals surface area contributed by atoms with Crippen molar-refractivity contribution in [3.63, 3.8) is 0 Å². The van der Waals surface area contributed by atoms with Gasteiger partial charge in [-0.1, -0.05) is 11.6 Å². The molecule has 0 aliphatic heterocycles. The van der Waals surface area contributed by atoms with Gasteiger partial charge in [0.05, 0.1) is 18.4 Å². The number of carbonyl (C=O) groups is 1. The first kappa shape index (κ1) is 14.5. The zero-order valence-electron chi connectivity index (χ0n) is 11.4. The summed E-state index contributed by atoms with van der Waals surface area (Å²) in [6.45, 7) is 1.76. The molecule has 1 aromatic heterocycles. The molecule has 1 heterocycles. The fraction of sp³-hybridized carbons (Fsp3) is 0.286. The van der Waals surface area contributed by atoms with E-state index >= 15 is 0 Å². The summed E-state index contributed by atoms with van der Waals surface area (Å²) in [7, 11) is 3.13. The Hall–Kier alpha value is -1.88. The molecule has 0 saturated heterocycles. The van der Waals surface area contributed by atoms with Crippen LogP contribution in [0.15, 0.2) is 18.2 Å². The number of aromatic nitrogens is 2. The predicted octanol–water partition coefficient (Wildman–Crippen LogP) is 2.96. The average molecular weight is 297 g/mol. The maximum absolute atomic E-state index is 13.8. The molecule has 0 saturated carbocycles. The fourth-order valence-corrected chi connectivity index (χ4v) is 2.22. The summed E-state index contributed by atoms with van der Waals surface area (Å²) in [5.74, 6) is -0.579. The number of halogens is 2. The summed E-state index contributed by atoms with van der Waals surface area (Å²) < 4.78 is 20.2. The van der Waals surface area contributed by atoms with E-state index in [4.69, 9.17) is 16.3 Å². The minimum absolute atomic E-state index is 0.0156. The van der Waals surface area contributed by atoms with Crippen molar-refractivity contribution in [1.82, 2.24) is 9.78 Å². The second-order valence-corrected chi connectivity index (χ2v) is 4.78. The molecule has 2 rings (SSSR count). The summed E-state index contributed by atoms with van der Waals surface area (Å²) in [6.07, 6.45) is 0.0156. The lowest BCUT2D eigenvalue weighted by molar-refractivity contribution is 0.0989. The zero-order valence-corrected chi connectivity index (χ0v) is 12.2. The van der Waals surface area contributed by atoms with Crippen LogP contribution in [0.5, 0.6) is 5.75 Å². The summed E-state index contributed by atoms with van der Waals surface area (Å²) >= 11 is 6.07. The Balaban J connectivity index is 2.28. The second kappa shape index (κ2) is 5.63. The first-order valence-electron chi connectivity index (χ1n) is 5.98. The Morgan fingerprint density at radius 2 is 2.20 bits per heavy atom. The molecule has 0 amide bonds. The number of hydrogen-bond acceptors (Lipinski definition) is 3. The summed E-state index contributed by atoms with van der Waals surface area (Å²) in [5, 5.41) is 4.52. The number of nitrogens with zero attached hydrogens (tertiary/aromatic N) is 2. The first-order chi connectivity index (χ1) is 9.43. The van der Waals surface area contributed by atoms with Gasteiger partial charge in [0, 0.05) is 25.1 Å². The number of methoxy groups -OCH3 is 1. The zero-order chi connectivity index (χ0) is 14.9. The van der Waals surface area contributed by atoms with Crippen LogP contribution in [0.2, 0.25) is 5.15 Å². The molecule has 106 valence electrons. The molecule has 20 heavy (non-hydrogen) atoms. The minimum Gasteiger partial charge on any atom is -0.497 e. The smallest absolute Gasteiger partial charge is 0.170 e. The minimum atomic E-state index is -0.605. The Kier molecular flexibility index (Phi) is 4.09. The van der Waals surface area contributed by atoms with E-state index in [-0.39, 0.29) is 17.8 Å². The number of aryl methyl sites for hydroxylation is 2. The van der Waals surface area contributed by atoms with Gasteiger partial charge in [0.25, 0.3) is 0 Å². The predicted molar refractivity (Wildman–Crippen MR) is 73.9 cm³/mol. The van der Waals surface area contributed by atoms with Crippen LogP contribution in [0.4, 0.5) is 4.39 Å². The van der Waals surface area contributed by atoms with Gasteiger partial charge in [0.2, 0.25) is 0 Å². The van der Waals surface area contributed by atoms with Gasteiger partial charge in [-0.2, -0.15) is 5.10 Å². The molecule has 1 aromatic carbocycles. The molecule has 0 aliphatic carbocycles. The third-order valence-corrected chi connectivity index (χ3v) is 3.56. The summed E-state index contributed by atoms with van der Waals surface area (Å²) in [6, 6.07) is 4.15. The van der Waals surface area contributed by atoms with Crippen LogP contribution >= 0.6 is 11.6 Å². The summed E-state index contributed by atoms with van der Waals surface area (Å²) in [5.41, 5.74) is 1.30. The molecule has 0 atom stereocenters. The van der Waals surface area contributed by atoms with E-state index in [1.54, 1.807) is 20.0 Å². The highest BCUT2D eigenvalue weighted by Gasteiger charge is 2.18. The highest BCUT2D eigenvalue weighted by atomic mass is 35.5. The Morgan fingerprint density at radius 1 is 1.50 bits per heavy atom. The van der Waals surface area contributed by atoms with Crippen LogP contribution in [-0.4, -0.2) is 22.7 Å². The van der Waals surface area contributed by atoms with Crippen molar-refractivity contribution in [2.24, 2.45) is 7.05 Å². The topological polar surface area (TPSA) is 44.1 Å². The van der Waals surface area contributed by atoms with Crippen LogP contribution < -0.4 is 4.74 Å². The third kappa shape index (κ3) is 2.67. The van der Waals surface area contributed by atoms with E-state index < -0.39 is 5.82 Å². The number of rotatable bonds is 4. The standard InChI is InChI=1S/C14H14ClFN2O2/c1-8-11(14(15)18(2)17-8)7-13(19)10-5-4-9(20-3)6-12(10)16/h4-6H,7H2,1-3H3. The Labute approximate surface area is 121 Å². The largest absolute Gasteiger partial charge is 0.497 e. The van der Waals surface area contributed by atoms with E-state index in [0.717, 1.165) is 0 Å². The van der Waals surface area contributed by atoms with E-state index in [0.29, 0.717) is 22.2 Å². The average Bonchev–Trinajstić information content (AvgIpc) is 2.65. The lowest BCUT2D eigenvalue weighted by atomic mass is 10.0. The molecule has 0 spiro atoms. The number of Topliss-reactive ketones (excluding diaryl/α,β-unsaturated/α-hetero) is 1. The van der Waals surface area contributed by atoms with Crippen molar-refractivity contribution in [1.29, 1.82) is 0 Å². The molecule has 6 heteroatoms. The molecule has 0 N–H and O–H groups in total. The van der Waals surface area contributed by atoms with Gasteiger partial charge in [0.15, 0.2) is 5.78 Å². The van der Waals surface area contributed by atoms with E-state index in [1.807, 2.05) is 0 Å². The molecule has 0 aliphatic rings. The molecule has 4 nitrogen and oxygen atoms in total. The van der Waals surface area contributed by atoms with Crippen molar-refractivity contribution >= 4 is 17.4 Å². The fourth-order valence-electron chi connectivity index (χ4n) is 1.98. The molecule has 0 fully saturated rings. The summed E-state index contributed by atoms with van der Waals surface area (Å²) in [4.78, 5) is 12.2. The van der Waals surface area contributed by atoms with Gasteiger partial charge in [-0.25, -0.2) is 4.39 Å². The van der Waals surface area contributed by atoms with Gasteiger partial charge < -0.3 is 4.74 Å². The number of ether oxygens (including phenoxy) is 1. The number of benzene rings is 1. The van der Waals surface area contributed by atoms with Gasteiger partial charge in [-0.05, 0) is 19.1 Å². The van der Waals surface area contributed by atoms with Crippen LogP contribution in [0.1, 0.15) is 21.6 Å². The monoisotopic (exact) mass is 296 g/mol. The second-order valence-electron chi connectivity index (χ2n) is 4.42. The number of ketones is 1. The molecule has 0 unspecified atom stereocenters. The molecule has 2 aromatic rings. The molecule has 0 radical (unpaired) electrons. The lowest BCUT2D eigenvalue weighted by Gasteiger charge is -2.05. The maximum Gasteiger partial charge on any atom is 0.170 e. The first-order valence-corrected chi connectivity index (χ1v) is 6.36. The number of carbonyl (C=O) groups excluding carboxylic acids is 1. The van der Waals surface area contributed by atoms with Crippen molar-refractivity contribution in [3.8, 4) is 5.75 Å². The number of hydrogen-bond donors (Lipinski definition) is 0. The highest BCUT2D eigenvalue weighted by Crippen LogP contribution is 2.22. The quantitative estimate of drug-likeness (QED) is 0.815. The third-order valence-electron chi connectivity index (χ3n) is 3.08. The van der Waals surface area contributed by atoms with Gasteiger partial charge in [0.1, 0.15) is 16.7 Å². The van der Waals surface area contributed by atoms with Crippen molar-refractivity contribution in [2.45, 2.75) is 13.3 Å². The Bertz CT molecular complexity index is 667. The van der Waals surface area contributed by atoms with E-state index in [2.05, 4.69) is 5.10 Å². The Morgan fingerprint density at radius 3 is 2.70 bits per heavy atom. The van der Waals surface area contributed by atoms with Gasteiger partial charge >= 0.3 is 0 Å². The van der Waals surface area contributed by atoms with Gasteiger partial charge in [-0.15, -0.1) is 0 Å². The van der Waals surface area contributed by atoms with Crippen LogP contribution in [-0.2, 0) is 13.5 Å². The SMILES string of the molecule is COc1ccc(C(=O)Cc2c(C)nn(C)c2Cl)c(F)c1. The van der Waals surface area contributed by atoms with Crippen LogP contribution in [0.25, 0.3) is 0 Å². The van der Waals surface area contributed by atoms with Gasteiger partial charge in [-0.3, -0.25) is 9.48 Å². The van der Waals surface area contributed by atoms with Crippen molar-refractivity contribution < 1.29 is 13.9 Å². The van der Waals surface area contributed by atoms with E-state index in [9.17, 15) is 9.18 Å². The normalized spacial score (nSPS) is 10.7. The van der Waals surface area contributed by atoms with Crippen LogP contribution in [0, 0.1) is 12.7 Å². The molecule has 0 bridgehead atoms. The van der Waals surface area contributed by atoms with Crippen molar-refractivity contribution in [2.75, 3.05) is 7.11 Å². The molecular formula is C14H14ClFN2O2. The van der Waals surface area contributed by atoms with Crippen molar-refractivity contribution in [3.05, 3.63) is 46.0 Å². The molecular weight excluding hydrogens is 283 g/mol. The lowest BCUT2D eigenvalue weighted by Crippen LogP contribution is -2.07. The highest BCUT2D eigenvalue weighted by molar-refractivity contribution is 6.30.